The lowest BCUT2D eigenvalue weighted by molar-refractivity contribution is 0.111. The largest absolute Gasteiger partial charge is 0.480 e. The molecular formula is C7H7ClN2O2S. The van der Waals surface area contributed by atoms with E-state index in [0.29, 0.717) is 11.4 Å². The normalized spacial score (nSPS) is 9.77. The summed E-state index contributed by atoms with van der Waals surface area (Å²) >= 11 is 7.05. The van der Waals surface area contributed by atoms with E-state index in [2.05, 4.69) is 9.97 Å². The molecule has 1 heterocycles. The molecule has 70 valence electrons. The number of nitrogens with zero attached hydrogens (tertiary/aromatic N) is 2. The third-order valence-electron chi connectivity index (χ3n) is 1.34. The van der Waals surface area contributed by atoms with Crippen LogP contribution in [0.4, 0.5) is 0 Å². The van der Waals surface area contributed by atoms with Crippen molar-refractivity contribution >= 4 is 29.6 Å². The number of hydrogen-bond donors (Lipinski definition) is 0. The number of aldehydes is 1. The zero-order chi connectivity index (χ0) is 9.84. The third kappa shape index (κ3) is 2.10. The van der Waals surface area contributed by atoms with E-state index in [1.54, 1.807) is 0 Å². The Morgan fingerprint density at radius 2 is 2.23 bits per heavy atom. The highest BCUT2D eigenvalue weighted by Crippen LogP contribution is 2.23. The maximum atomic E-state index is 10.6. The summed E-state index contributed by atoms with van der Waals surface area (Å²) in [6.45, 7) is 0. The molecule has 0 saturated carbocycles. The molecule has 1 aromatic heterocycles. The lowest BCUT2D eigenvalue weighted by atomic mass is 10.4. The standard InChI is InChI=1S/C7H7ClN2O2S/c1-12-6-4(3-11)5(8)9-7(10-6)13-2/h3H,1-2H3. The Bertz CT molecular complexity index is 333. The van der Waals surface area contributed by atoms with Crippen molar-refractivity contribution in [3.8, 4) is 5.88 Å². The molecule has 0 N–H and O–H groups in total. The second-order valence-electron chi connectivity index (χ2n) is 2.04. The fourth-order valence-electron chi connectivity index (χ4n) is 0.750. The van der Waals surface area contributed by atoms with E-state index in [-0.39, 0.29) is 16.6 Å². The molecule has 0 aliphatic carbocycles. The van der Waals surface area contributed by atoms with Crippen molar-refractivity contribution < 1.29 is 9.53 Å². The van der Waals surface area contributed by atoms with Gasteiger partial charge in [-0.2, -0.15) is 4.98 Å². The van der Waals surface area contributed by atoms with Crippen LogP contribution in [-0.2, 0) is 0 Å². The summed E-state index contributed by atoms with van der Waals surface area (Å²) in [5.74, 6) is 0.208. The Labute approximate surface area is 84.7 Å². The molecule has 0 spiro atoms. The summed E-state index contributed by atoms with van der Waals surface area (Å²) in [6, 6.07) is 0. The van der Waals surface area contributed by atoms with Crippen LogP contribution in [0.25, 0.3) is 0 Å². The maximum Gasteiger partial charge on any atom is 0.229 e. The van der Waals surface area contributed by atoms with Crippen LogP contribution < -0.4 is 4.74 Å². The van der Waals surface area contributed by atoms with Gasteiger partial charge in [0.25, 0.3) is 0 Å². The third-order valence-corrected chi connectivity index (χ3v) is 2.17. The predicted molar refractivity (Wildman–Crippen MR) is 50.8 cm³/mol. The van der Waals surface area contributed by atoms with Gasteiger partial charge in [0.1, 0.15) is 10.7 Å². The van der Waals surface area contributed by atoms with Crippen LogP contribution in [0.1, 0.15) is 10.4 Å². The van der Waals surface area contributed by atoms with Gasteiger partial charge < -0.3 is 4.74 Å². The minimum absolute atomic E-state index is 0.117. The van der Waals surface area contributed by atoms with Gasteiger partial charge in [-0.15, -0.1) is 0 Å². The molecule has 1 rings (SSSR count). The Morgan fingerprint density at radius 1 is 1.54 bits per heavy atom. The molecule has 0 bridgehead atoms. The average molecular weight is 219 g/mol. The Kier molecular flexibility index (Phi) is 3.50. The monoisotopic (exact) mass is 218 g/mol. The van der Waals surface area contributed by atoms with Crippen molar-refractivity contribution in [2.75, 3.05) is 13.4 Å². The highest BCUT2D eigenvalue weighted by Gasteiger charge is 2.12. The van der Waals surface area contributed by atoms with Crippen molar-refractivity contribution in [3.05, 3.63) is 10.7 Å². The van der Waals surface area contributed by atoms with Gasteiger partial charge in [-0.25, -0.2) is 4.98 Å². The number of halogens is 1. The van der Waals surface area contributed by atoms with Gasteiger partial charge in [0.15, 0.2) is 11.4 Å². The van der Waals surface area contributed by atoms with E-state index in [4.69, 9.17) is 16.3 Å². The molecule has 0 atom stereocenters. The van der Waals surface area contributed by atoms with Gasteiger partial charge >= 0.3 is 0 Å². The number of rotatable bonds is 3. The molecule has 0 amide bonds. The summed E-state index contributed by atoms with van der Waals surface area (Å²) in [5.41, 5.74) is 0.182. The van der Waals surface area contributed by atoms with E-state index in [1.807, 2.05) is 6.26 Å². The molecule has 6 heteroatoms. The molecule has 0 aliphatic heterocycles. The summed E-state index contributed by atoms with van der Waals surface area (Å²) in [4.78, 5) is 18.4. The molecule has 0 fully saturated rings. The Balaban J connectivity index is 3.28. The highest BCUT2D eigenvalue weighted by molar-refractivity contribution is 7.98. The van der Waals surface area contributed by atoms with E-state index in [0.717, 1.165) is 0 Å². The van der Waals surface area contributed by atoms with Gasteiger partial charge in [-0.3, -0.25) is 4.79 Å². The van der Waals surface area contributed by atoms with Crippen LogP contribution in [0, 0.1) is 0 Å². The lowest BCUT2D eigenvalue weighted by Crippen LogP contribution is -1.99. The fourth-order valence-corrected chi connectivity index (χ4v) is 1.36. The number of hydrogen-bond acceptors (Lipinski definition) is 5. The van der Waals surface area contributed by atoms with Gasteiger partial charge in [-0.1, -0.05) is 23.4 Å². The zero-order valence-electron chi connectivity index (χ0n) is 7.07. The fraction of sp³-hybridized carbons (Fsp3) is 0.286. The molecular weight excluding hydrogens is 212 g/mol. The maximum absolute atomic E-state index is 10.6. The van der Waals surface area contributed by atoms with Crippen LogP contribution >= 0.6 is 23.4 Å². The van der Waals surface area contributed by atoms with Crippen LogP contribution in [0.3, 0.4) is 0 Å². The first kappa shape index (κ1) is 10.3. The van der Waals surface area contributed by atoms with Crippen molar-refractivity contribution in [1.29, 1.82) is 0 Å². The Hall–Kier alpha value is -0.810. The first-order valence-electron chi connectivity index (χ1n) is 3.33. The summed E-state index contributed by atoms with van der Waals surface area (Å²) in [7, 11) is 1.43. The van der Waals surface area contributed by atoms with E-state index < -0.39 is 0 Å². The van der Waals surface area contributed by atoms with E-state index in [9.17, 15) is 4.79 Å². The van der Waals surface area contributed by atoms with Gasteiger partial charge in [0.2, 0.25) is 5.88 Å². The average Bonchev–Trinajstić information content (AvgIpc) is 2.16. The van der Waals surface area contributed by atoms with Crippen molar-refractivity contribution in [3.63, 3.8) is 0 Å². The second-order valence-corrected chi connectivity index (χ2v) is 3.17. The predicted octanol–water partition coefficient (Wildman–Crippen LogP) is 1.67. The van der Waals surface area contributed by atoms with Crippen molar-refractivity contribution in [2.24, 2.45) is 0 Å². The van der Waals surface area contributed by atoms with Gasteiger partial charge in [0, 0.05) is 0 Å². The second kappa shape index (κ2) is 4.43. The van der Waals surface area contributed by atoms with Crippen molar-refractivity contribution in [1.82, 2.24) is 9.97 Å². The molecule has 0 aromatic carbocycles. The Morgan fingerprint density at radius 3 is 2.69 bits per heavy atom. The van der Waals surface area contributed by atoms with Crippen molar-refractivity contribution in [2.45, 2.75) is 5.16 Å². The summed E-state index contributed by atoms with van der Waals surface area (Å²) < 4.78 is 4.88. The molecule has 1 aromatic rings. The molecule has 4 nitrogen and oxygen atoms in total. The summed E-state index contributed by atoms with van der Waals surface area (Å²) in [6.07, 6.45) is 2.39. The highest BCUT2D eigenvalue weighted by atomic mass is 35.5. The van der Waals surface area contributed by atoms with E-state index >= 15 is 0 Å². The molecule has 13 heavy (non-hydrogen) atoms. The number of methoxy groups -OCH3 is 1. The minimum Gasteiger partial charge on any atom is -0.480 e. The quantitative estimate of drug-likeness (QED) is 0.334. The van der Waals surface area contributed by atoms with Crippen LogP contribution in [0.2, 0.25) is 5.15 Å². The smallest absolute Gasteiger partial charge is 0.229 e. The first-order chi connectivity index (χ1) is 6.22. The number of carbonyl (C=O) groups excluding carboxylic acids is 1. The number of thioether (sulfide) groups is 1. The molecule has 0 saturated heterocycles. The van der Waals surface area contributed by atoms with Crippen LogP contribution in [0.5, 0.6) is 5.88 Å². The summed E-state index contributed by atoms with van der Waals surface area (Å²) in [5, 5.41) is 0.596. The van der Waals surface area contributed by atoms with Gasteiger partial charge in [-0.05, 0) is 6.26 Å². The zero-order valence-corrected chi connectivity index (χ0v) is 8.65. The molecule has 0 unspecified atom stereocenters. The molecule has 0 aliphatic rings. The molecule has 0 radical (unpaired) electrons. The SMILES string of the molecule is COc1nc(SC)nc(Cl)c1C=O. The number of aromatic nitrogens is 2. The number of carbonyl (C=O) groups is 1. The first-order valence-corrected chi connectivity index (χ1v) is 4.94. The van der Waals surface area contributed by atoms with Crippen LogP contribution in [0.15, 0.2) is 5.16 Å². The van der Waals surface area contributed by atoms with Gasteiger partial charge in [0.05, 0.1) is 7.11 Å². The van der Waals surface area contributed by atoms with Crippen LogP contribution in [-0.4, -0.2) is 29.6 Å². The van der Waals surface area contributed by atoms with E-state index in [1.165, 1.54) is 18.9 Å². The minimum atomic E-state index is 0.117. The lowest BCUT2D eigenvalue weighted by Gasteiger charge is -2.04. The number of ether oxygens (including phenoxy) is 1. The topological polar surface area (TPSA) is 52.1 Å².